The Kier molecular flexibility index (Phi) is 10.2. The highest BCUT2D eigenvalue weighted by Gasteiger charge is 2.30. The first-order valence-corrected chi connectivity index (χ1v) is 14.2. The molecule has 2 N–H and O–H groups in total. The summed E-state index contributed by atoms with van der Waals surface area (Å²) in [5.41, 5.74) is 3.41. The van der Waals surface area contributed by atoms with Crippen LogP contribution in [-0.2, 0) is 22.5 Å². The molecular formula is C33H34F2N4O4. The van der Waals surface area contributed by atoms with Crippen LogP contribution < -0.4 is 15.4 Å². The second kappa shape index (κ2) is 14.7. The number of halogens is 2. The standard InChI is InChI=1S/C33H34F2N4O4/c1-41-31-14-12-28-32(39-31)24(15-17-37-28)19-29(38-33(40)43-20-22-6-3-2-4-7-22)30-13-10-26(21-42-30)36-16-5-8-23-18-25(34)9-11-27(23)35/h2-9,11-12,14-15,17-18,26,29-30,36H,10,13,16,19-21H2,1H3,(H,38,40)/t26-,29?,30+/m1/s1. The first-order valence-electron chi connectivity index (χ1n) is 14.2. The lowest BCUT2D eigenvalue weighted by molar-refractivity contribution is -0.0228. The van der Waals surface area contributed by atoms with E-state index in [1.165, 1.54) is 0 Å². The molecule has 0 saturated carbocycles. The van der Waals surface area contributed by atoms with Gasteiger partial charge < -0.3 is 24.8 Å². The predicted molar refractivity (Wildman–Crippen MR) is 160 cm³/mol. The minimum Gasteiger partial charge on any atom is -0.481 e. The Labute approximate surface area is 249 Å². The molecule has 0 radical (unpaired) electrons. The summed E-state index contributed by atoms with van der Waals surface area (Å²) in [5.74, 6) is -0.481. The second-order valence-electron chi connectivity index (χ2n) is 10.3. The van der Waals surface area contributed by atoms with Gasteiger partial charge in [-0.1, -0.05) is 42.5 Å². The number of hydrogen-bond acceptors (Lipinski definition) is 7. The molecule has 0 bridgehead atoms. The van der Waals surface area contributed by atoms with Crippen molar-refractivity contribution in [3.05, 3.63) is 107 Å². The molecule has 4 aromatic rings. The van der Waals surface area contributed by atoms with Crippen LogP contribution in [0.2, 0.25) is 0 Å². The van der Waals surface area contributed by atoms with E-state index in [1.54, 1.807) is 31.5 Å². The van der Waals surface area contributed by atoms with Crippen LogP contribution in [-0.4, -0.2) is 54.5 Å². The summed E-state index contributed by atoms with van der Waals surface area (Å²) in [7, 11) is 1.56. The van der Waals surface area contributed by atoms with E-state index in [0.717, 1.165) is 41.3 Å². The van der Waals surface area contributed by atoms with Gasteiger partial charge in [0.2, 0.25) is 5.88 Å². The SMILES string of the molecule is COc1ccc2nccc(CC(NC(=O)OCc3ccccc3)[C@@H]3CC[C@@H](NCC=Cc4cc(F)ccc4F)CO3)c2n1. The molecule has 1 aliphatic rings. The molecule has 224 valence electrons. The summed E-state index contributed by atoms with van der Waals surface area (Å²) < 4.78 is 44.4. The summed E-state index contributed by atoms with van der Waals surface area (Å²) in [4.78, 5) is 21.9. The van der Waals surface area contributed by atoms with Crippen molar-refractivity contribution < 1.29 is 27.8 Å². The van der Waals surface area contributed by atoms with E-state index >= 15 is 0 Å². The van der Waals surface area contributed by atoms with E-state index < -0.39 is 23.8 Å². The van der Waals surface area contributed by atoms with Crippen molar-refractivity contribution in [2.45, 2.75) is 44.1 Å². The van der Waals surface area contributed by atoms with Gasteiger partial charge in [0.15, 0.2) is 0 Å². The zero-order valence-corrected chi connectivity index (χ0v) is 23.8. The molecule has 1 saturated heterocycles. The monoisotopic (exact) mass is 588 g/mol. The number of nitrogens with one attached hydrogen (secondary N) is 2. The van der Waals surface area contributed by atoms with E-state index in [-0.39, 0.29) is 24.3 Å². The van der Waals surface area contributed by atoms with Crippen LogP contribution in [0.4, 0.5) is 13.6 Å². The van der Waals surface area contributed by atoms with Gasteiger partial charge in [-0.3, -0.25) is 4.98 Å². The van der Waals surface area contributed by atoms with Crippen LogP contribution in [0.15, 0.2) is 79.0 Å². The molecule has 0 aliphatic carbocycles. The maximum Gasteiger partial charge on any atom is 0.407 e. The van der Waals surface area contributed by atoms with Crippen LogP contribution in [0.25, 0.3) is 17.1 Å². The van der Waals surface area contributed by atoms with E-state index in [1.807, 2.05) is 42.5 Å². The molecule has 1 fully saturated rings. The Morgan fingerprint density at radius 2 is 1.98 bits per heavy atom. The zero-order valence-electron chi connectivity index (χ0n) is 23.8. The molecule has 8 nitrogen and oxygen atoms in total. The summed E-state index contributed by atoms with van der Waals surface area (Å²) in [6.45, 7) is 1.05. The van der Waals surface area contributed by atoms with Crippen molar-refractivity contribution in [1.82, 2.24) is 20.6 Å². The number of methoxy groups -OCH3 is 1. The number of carbonyl (C=O) groups is 1. The Bertz CT molecular complexity index is 1540. The molecule has 1 amide bonds. The Hall–Kier alpha value is -4.41. The molecule has 0 spiro atoms. The second-order valence-corrected chi connectivity index (χ2v) is 10.3. The molecule has 1 unspecified atom stereocenters. The highest BCUT2D eigenvalue weighted by atomic mass is 19.1. The van der Waals surface area contributed by atoms with Crippen LogP contribution in [0.5, 0.6) is 5.88 Å². The molecule has 3 atom stereocenters. The van der Waals surface area contributed by atoms with Gasteiger partial charge in [0.25, 0.3) is 0 Å². The van der Waals surface area contributed by atoms with Gasteiger partial charge in [-0.2, -0.15) is 0 Å². The lowest BCUT2D eigenvalue weighted by atomic mass is 9.94. The van der Waals surface area contributed by atoms with Crippen molar-refractivity contribution in [2.75, 3.05) is 20.3 Å². The summed E-state index contributed by atoms with van der Waals surface area (Å²) >= 11 is 0. The van der Waals surface area contributed by atoms with Crippen molar-refractivity contribution in [3.63, 3.8) is 0 Å². The molecule has 43 heavy (non-hydrogen) atoms. The van der Waals surface area contributed by atoms with E-state index in [4.69, 9.17) is 14.2 Å². The number of benzene rings is 2. The third-order valence-corrected chi connectivity index (χ3v) is 7.35. The summed E-state index contributed by atoms with van der Waals surface area (Å²) in [5, 5.41) is 6.41. The van der Waals surface area contributed by atoms with Gasteiger partial charge in [0.05, 0.1) is 36.9 Å². The Morgan fingerprint density at radius 3 is 2.77 bits per heavy atom. The number of ether oxygens (including phenoxy) is 3. The highest BCUT2D eigenvalue weighted by Crippen LogP contribution is 2.24. The molecule has 10 heteroatoms. The predicted octanol–water partition coefficient (Wildman–Crippen LogP) is 5.60. The van der Waals surface area contributed by atoms with Gasteiger partial charge in [-0.25, -0.2) is 18.6 Å². The number of fused-ring (bicyclic) bond motifs is 1. The first kappa shape index (κ1) is 30.1. The van der Waals surface area contributed by atoms with Crippen molar-refractivity contribution in [2.24, 2.45) is 0 Å². The number of aromatic nitrogens is 2. The average molecular weight is 589 g/mol. The Balaban J connectivity index is 1.23. The van der Waals surface area contributed by atoms with Gasteiger partial charge in [0, 0.05) is 30.4 Å². The van der Waals surface area contributed by atoms with Crippen molar-refractivity contribution in [3.8, 4) is 5.88 Å². The van der Waals surface area contributed by atoms with E-state index in [9.17, 15) is 13.6 Å². The normalized spacial score (nSPS) is 17.6. The molecule has 2 aromatic carbocycles. The fourth-order valence-electron chi connectivity index (χ4n) is 5.08. The fourth-order valence-corrected chi connectivity index (χ4v) is 5.08. The number of pyridine rings is 2. The number of hydrogen-bond donors (Lipinski definition) is 2. The molecule has 2 aromatic heterocycles. The van der Waals surface area contributed by atoms with Crippen LogP contribution in [0, 0.1) is 11.6 Å². The minimum absolute atomic E-state index is 0.0663. The maximum absolute atomic E-state index is 13.9. The number of nitrogens with zero attached hydrogens (tertiary/aromatic N) is 2. The zero-order chi connectivity index (χ0) is 30.0. The smallest absolute Gasteiger partial charge is 0.407 e. The summed E-state index contributed by atoms with van der Waals surface area (Å²) in [6.07, 6.45) is 6.17. The molecule has 5 rings (SSSR count). The lowest BCUT2D eigenvalue weighted by Crippen LogP contribution is -2.50. The maximum atomic E-state index is 13.9. The third kappa shape index (κ3) is 8.33. The number of amides is 1. The molecule has 3 heterocycles. The topological polar surface area (TPSA) is 94.6 Å². The Morgan fingerprint density at radius 1 is 1.12 bits per heavy atom. The van der Waals surface area contributed by atoms with Crippen LogP contribution in [0.1, 0.15) is 29.5 Å². The molecular weight excluding hydrogens is 554 g/mol. The van der Waals surface area contributed by atoms with Crippen LogP contribution >= 0.6 is 0 Å². The largest absolute Gasteiger partial charge is 0.481 e. The number of carbonyl (C=O) groups excluding carboxylic acids is 1. The minimum atomic E-state index is -0.531. The van der Waals surface area contributed by atoms with Gasteiger partial charge in [-0.15, -0.1) is 0 Å². The quantitative estimate of drug-likeness (QED) is 0.235. The first-order chi connectivity index (χ1) is 21.0. The summed E-state index contributed by atoms with van der Waals surface area (Å²) in [6, 6.07) is 18.0. The fraction of sp³-hybridized carbons (Fsp3) is 0.303. The number of alkyl carbamates (subject to hydrolysis) is 1. The highest BCUT2D eigenvalue weighted by molar-refractivity contribution is 5.78. The van der Waals surface area contributed by atoms with Gasteiger partial charge in [-0.05, 0) is 60.7 Å². The average Bonchev–Trinajstić information content (AvgIpc) is 3.04. The van der Waals surface area contributed by atoms with Crippen molar-refractivity contribution >= 4 is 23.2 Å². The molecule has 1 aliphatic heterocycles. The van der Waals surface area contributed by atoms with Gasteiger partial charge in [0.1, 0.15) is 18.2 Å². The third-order valence-electron chi connectivity index (χ3n) is 7.35. The lowest BCUT2D eigenvalue weighted by Gasteiger charge is -2.34. The van der Waals surface area contributed by atoms with Crippen molar-refractivity contribution in [1.29, 1.82) is 0 Å². The number of rotatable bonds is 11. The van der Waals surface area contributed by atoms with Gasteiger partial charge >= 0.3 is 6.09 Å². The van der Waals surface area contributed by atoms with E-state index in [2.05, 4.69) is 20.6 Å². The van der Waals surface area contributed by atoms with E-state index in [0.29, 0.717) is 37.4 Å². The van der Waals surface area contributed by atoms with Crippen LogP contribution in [0.3, 0.4) is 0 Å².